The summed E-state index contributed by atoms with van der Waals surface area (Å²) in [6, 6.07) is 12.2. The molecule has 5 heteroatoms. The van der Waals surface area contributed by atoms with Crippen molar-refractivity contribution in [3.05, 3.63) is 63.7 Å². The lowest BCUT2D eigenvalue weighted by molar-refractivity contribution is -0.127. The number of piperidine rings is 1. The molecule has 0 aromatic heterocycles. The average Bonchev–Trinajstić information content (AvgIpc) is 2.75. The summed E-state index contributed by atoms with van der Waals surface area (Å²) < 4.78 is 5.56. The van der Waals surface area contributed by atoms with Crippen molar-refractivity contribution in [1.82, 2.24) is 10.2 Å². The van der Waals surface area contributed by atoms with Crippen LogP contribution in [0.4, 0.5) is 0 Å². The van der Waals surface area contributed by atoms with Gasteiger partial charge in [-0.1, -0.05) is 43.6 Å². The summed E-state index contributed by atoms with van der Waals surface area (Å²) in [7, 11) is 1.71. The molecule has 0 spiro atoms. The zero-order chi connectivity index (χ0) is 22.5. The number of nitrogens with zero attached hydrogens (tertiary/aromatic N) is 1. The third-order valence-electron chi connectivity index (χ3n) is 6.38. The van der Waals surface area contributed by atoms with Crippen molar-refractivity contribution >= 4 is 17.5 Å². The van der Waals surface area contributed by atoms with Gasteiger partial charge in [0, 0.05) is 17.5 Å². The van der Waals surface area contributed by atoms with Crippen LogP contribution in [0.25, 0.3) is 0 Å². The van der Waals surface area contributed by atoms with Crippen LogP contribution in [0.15, 0.2) is 36.4 Å². The van der Waals surface area contributed by atoms with E-state index >= 15 is 0 Å². The minimum Gasteiger partial charge on any atom is -0.496 e. The Bertz CT molecular complexity index is 904. The maximum absolute atomic E-state index is 13.0. The van der Waals surface area contributed by atoms with Crippen LogP contribution >= 0.6 is 11.6 Å². The number of amides is 1. The Labute approximate surface area is 191 Å². The highest BCUT2D eigenvalue weighted by molar-refractivity contribution is 6.31. The number of halogens is 1. The van der Waals surface area contributed by atoms with Crippen molar-refractivity contribution in [2.75, 3.05) is 20.2 Å². The Morgan fingerprint density at radius 2 is 1.84 bits per heavy atom. The van der Waals surface area contributed by atoms with Gasteiger partial charge in [-0.25, -0.2) is 0 Å². The summed E-state index contributed by atoms with van der Waals surface area (Å²) in [6.45, 7) is 11.1. The number of ether oxygens (including phenoxy) is 1. The van der Waals surface area contributed by atoms with E-state index in [1.807, 2.05) is 18.2 Å². The molecule has 1 amide bonds. The topological polar surface area (TPSA) is 41.6 Å². The van der Waals surface area contributed by atoms with E-state index in [0.29, 0.717) is 5.92 Å². The number of carbonyl (C=O) groups excluding carboxylic acids is 1. The molecule has 1 saturated heterocycles. The summed E-state index contributed by atoms with van der Waals surface area (Å²) in [5.74, 6) is 1.50. The normalized spacial score (nSPS) is 16.4. The predicted molar refractivity (Wildman–Crippen MR) is 128 cm³/mol. The predicted octanol–water partition coefficient (Wildman–Crippen LogP) is 5.87. The van der Waals surface area contributed by atoms with Gasteiger partial charge in [-0.2, -0.15) is 0 Å². The largest absolute Gasteiger partial charge is 0.496 e. The van der Waals surface area contributed by atoms with Gasteiger partial charge in [-0.15, -0.1) is 0 Å². The molecule has 3 rings (SSSR count). The van der Waals surface area contributed by atoms with Gasteiger partial charge in [-0.05, 0) is 86.1 Å². The van der Waals surface area contributed by atoms with E-state index in [-0.39, 0.29) is 17.9 Å². The van der Waals surface area contributed by atoms with E-state index in [4.69, 9.17) is 16.3 Å². The average molecular weight is 443 g/mol. The number of likely N-dealkylation sites (tertiary alicyclic amines) is 1. The molecule has 168 valence electrons. The third-order valence-corrected chi connectivity index (χ3v) is 6.74. The van der Waals surface area contributed by atoms with Crippen molar-refractivity contribution in [3.8, 4) is 5.75 Å². The van der Waals surface area contributed by atoms with E-state index in [9.17, 15) is 4.79 Å². The molecule has 4 nitrogen and oxygen atoms in total. The van der Waals surface area contributed by atoms with Gasteiger partial charge in [0.05, 0.1) is 13.2 Å². The summed E-state index contributed by atoms with van der Waals surface area (Å²) in [6.07, 6.45) is 1.75. The minimum atomic E-state index is -0.0305. The van der Waals surface area contributed by atoms with Crippen molar-refractivity contribution in [3.63, 3.8) is 0 Å². The minimum absolute atomic E-state index is 0.0305. The highest BCUT2D eigenvalue weighted by Gasteiger charge is 2.27. The molecule has 0 bridgehead atoms. The number of hydrogen-bond acceptors (Lipinski definition) is 3. The Morgan fingerprint density at radius 1 is 1.16 bits per heavy atom. The molecular formula is C26H35ClN2O2. The highest BCUT2D eigenvalue weighted by Crippen LogP contribution is 2.32. The first-order valence-corrected chi connectivity index (χ1v) is 11.6. The molecule has 0 unspecified atom stereocenters. The van der Waals surface area contributed by atoms with E-state index < -0.39 is 0 Å². The van der Waals surface area contributed by atoms with Crippen LogP contribution in [-0.4, -0.2) is 31.0 Å². The fraction of sp³-hybridized carbons (Fsp3) is 0.500. The van der Waals surface area contributed by atoms with Gasteiger partial charge in [0.2, 0.25) is 5.91 Å². The number of carbonyl (C=O) groups is 1. The molecule has 2 aromatic rings. The second-order valence-corrected chi connectivity index (χ2v) is 9.38. The zero-order valence-electron chi connectivity index (χ0n) is 19.4. The molecule has 1 aliphatic heterocycles. The quantitative estimate of drug-likeness (QED) is 0.583. The first-order valence-electron chi connectivity index (χ1n) is 11.2. The number of aryl methyl sites for hydroxylation is 1. The standard InChI is InChI=1S/C26H35ClN2O2/c1-17(2)22-15-23(18(3)14-25(22)31-5)19(4)28-26(30)20-10-12-29(13-11-20)16-21-8-6-7-9-24(21)27/h6-9,14-15,17,19-20H,10-13,16H2,1-5H3,(H,28,30)/t19-/m1/s1. The van der Waals surface area contributed by atoms with E-state index in [0.717, 1.165) is 59.9 Å². The first-order chi connectivity index (χ1) is 14.8. The molecule has 1 heterocycles. The highest BCUT2D eigenvalue weighted by atomic mass is 35.5. The van der Waals surface area contributed by atoms with Gasteiger partial charge < -0.3 is 10.1 Å². The van der Waals surface area contributed by atoms with Crippen LogP contribution in [0.1, 0.15) is 67.8 Å². The summed E-state index contributed by atoms with van der Waals surface area (Å²) in [5.41, 5.74) is 4.63. The van der Waals surface area contributed by atoms with E-state index in [1.54, 1.807) is 7.11 Å². The lowest BCUT2D eigenvalue weighted by atomic mass is 9.92. The Morgan fingerprint density at radius 3 is 2.45 bits per heavy atom. The molecular weight excluding hydrogens is 408 g/mol. The third kappa shape index (κ3) is 5.81. The van der Waals surface area contributed by atoms with Crippen molar-refractivity contribution in [1.29, 1.82) is 0 Å². The van der Waals surface area contributed by atoms with Crippen LogP contribution in [0.3, 0.4) is 0 Å². The lowest BCUT2D eigenvalue weighted by Gasteiger charge is -2.32. The molecule has 0 saturated carbocycles. The van der Waals surface area contributed by atoms with Gasteiger partial charge >= 0.3 is 0 Å². The number of rotatable bonds is 7. The van der Waals surface area contributed by atoms with Crippen molar-refractivity contribution < 1.29 is 9.53 Å². The second-order valence-electron chi connectivity index (χ2n) is 8.98. The number of methoxy groups -OCH3 is 1. The van der Waals surface area contributed by atoms with E-state index in [2.05, 4.69) is 56.1 Å². The maximum Gasteiger partial charge on any atom is 0.223 e. The van der Waals surface area contributed by atoms with Crippen LogP contribution in [-0.2, 0) is 11.3 Å². The number of hydrogen-bond donors (Lipinski definition) is 1. The van der Waals surface area contributed by atoms with E-state index in [1.165, 1.54) is 5.56 Å². The summed E-state index contributed by atoms with van der Waals surface area (Å²) in [5, 5.41) is 4.08. The fourth-order valence-electron chi connectivity index (χ4n) is 4.44. The zero-order valence-corrected chi connectivity index (χ0v) is 20.1. The summed E-state index contributed by atoms with van der Waals surface area (Å²) >= 11 is 6.30. The molecule has 2 aromatic carbocycles. The van der Waals surface area contributed by atoms with Crippen LogP contribution in [0.2, 0.25) is 5.02 Å². The summed E-state index contributed by atoms with van der Waals surface area (Å²) in [4.78, 5) is 15.4. The maximum atomic E-state index is 13.0. The molecule has 1 aliphatic rings. The van der Waals surface area contributed by atoms with Gasteiger partial charge in [0.1, 0.15) is 5.75 Å². The molecule has 0 aliphatic carbocycles. The van der Waals surface area contributed by atoms with Crippen molar-refractivity contribution in [2.45, 2.75) is 59.0 Å². The Hall–Kier alpha value is -2.04. The number of benzene rings is 2. The second kappa shape index (κ2) is 10.5. The monoisotopic (exact) mass is 442 g/mol. The van der Waals surface area contributed by atoms with Crippen LogP contribution in [0.5, 0.6) is 5.75 Å². The molecule has 0 radical (unpaired) electrons. The molecule has 31 heavy (non-hydrogen) atoms. The van der Waals surface area contributed by atoms with Crippen LogP contribution < -0.4 is 10.1 Å². The SMILES string of the molecule is COc1cc(C)c([C@@H](C)NC(=O)C2CCN(Cc3ccccc3Cl)CC2)cc1C(C)C. The van der Waals surface area contributed by atoms with Crippen LogP contribution in [0, 0.1) is 12.8 Å². The lowest BCUT2D eigenvalue weighted by Crippen LogP contribution is -2.41. The van der Waals surface area contributed by atoms with Gasteiger partial charge in [0.25, 0.3) is 0 Å². The fourth-order valence-corrected chi connectivity index (χ4v) is 4.64. The number of nitrogens with one attached hydrogen (secondary N) is 1. The molecule has 1 fully saturated rings. The Balaban J connectivity index is 1.58. The van der Waals surface area contributed by atoms with Gasteiger partial charge in [0.15, 0.2) is 0 Å². The molecule has 1 atom stereocenters. The van der Waals surface area contributed by atoms with Crippen molar-refractivity contribution in [2.24, 2.45) is 5.92 Å². The smallest absolute Gasteiger partial charge is 0.223 e. The van der Waals surface area contributed by atoms with Gasteiger partial charge in [-0.3, -0.25) is 9.69 Å². The Kier molecular flexibility index (Phi) is 8.01. The first kappa shape index (κ1) is 23.6. The molecule has 1 N–H and O–H groups in total.